The van der Waals surface area contributed by atoms with E-state index in [9.17, 15) is 9.59 Å². The molecule has 0 aliphatic carbocycles. The van der Waals surface area contributed by atoms with Crippen molar-refractivity contribution in [2.24, 2.45) is 0 Å². The zero-order valence-electron chi connectivity index (χ0n) is 9.98. The Morgan fingerprint density at radius 2 is 2.06 bits per heavy atom. The number of carbonyl (C=O) groups is 2. The number of aryl methyl sites for hydroxylation is 1. The minimum Gasteiger partial charge on any atom is -0.348 e. The van der Waals surface area contributed by atoms with Gasteiger partial charge in [-0.25, -0.2) is 0 Å². The van der Waals surface area contributed by atoms with Crippen LogP contribution >= 0.6 is 0 Å². The summed E-state index contributed by atoms with van der Waals surface area (Å²) < 4.78 is 0. The fourth-order valence-electron chi connectivity index (χ4n) is 1.63. The summed E-state index contributed by atoms with van der Waals surface area (Å²) in [5.41, 5.74) is 1.20. The second-order valence-electron chi connectivity index (χ2n) is 3.78. The number of likely N-dealkylation sites (N-methyl/N-ethyl adjacent to an activating group) is 1. The molecule has 1 amide bonds. The third-order valence-corrected chi connectivity index (χ3v) is 2.59. The normalized spacial score (nSPS) is 11.8. The lowest BCUT2D eigenvalue weighted by atomic mass is 10.0. The lowest BCUT2D eigenvalue weighted by Gasteiger charge is -2.14. The van der Waals surface area contributed by atoms with Crippen molar-refractivity contribution in [1.29, 1.82) is 0 Å². The van der Waals surface area contributed by atoms with Gasteiger partial charge >= 0.3 is 0 Å². The van der Waals surface area contributed by atoms with Gasteiger partial charge in [0.25, 0.3) is 0 Å². The monoisotopic (exact) mass is 234 g/mol. The molecule has 0 spiro atoms. The molecule has 1 aromatic carbocycles. The number of carbonyl (C=O) groups excluding carboxylic acids is 2. The van der Waals surface area contributed by atoms with Crippen LogP contribution in [0, 0.1) is 0 Å². The van der Waals surface area contributed by atoms with Crippen molar-refractivity contribution in [3.05, 3.63) is 35.9 Å². The molecule has 1 rings (SSSR count). The van der Waals surface area contributed by atoms with E-state index in [0.717, 1.165) is 6.42 Å². The molecule has 1 atom stereocenters. The fourth-order valence-corrected chi connectivity index (χ4v) is 1.63. The number of amides is 1. The molecule has 92 valence electrons. The van der Waals surface area contributed by atoms with E-state index in [1.165, 1.54) is 5.56 Å². The van der Waals surface area contributed by atoms with Gasteiger partial charge in [0.1, 0.15) is 6.29 Å². The average Bonchev–Trinajstić information content (AvgIpc) is 2.38. The van der Waals surface area contributed by atoms with Gasteiger partial charge in [0, 0.05) is 0 Å². The van der Waals surface area contributed by atoms with Crippen molar-refractivity contribution in [3.63, 3.8) is 0 Å². The minimum atomic E-state index is -0.254. The molecule has 0 aliphatic heterocycles. The smallest absolute Gasteiger partial charge is 0.237 e. The van der Waals surface area contributed by atoms with E-state index < -0.39 is 0 Å². The van der Waals surface area contributed by atoms with E-state index in [4.69, 9.17) is 0 Å². The first kappa shape index (κ1) is 13.4. The first-order valence-electron chi connectivity index (χ1n) is 5.70. The molecule has 4 nitrogen and oxygen atoms in total. The molecule has 4 heteroatoms. The maximum absolute atomic E-state index is 11.6. The quantitative estimate of drug-likeness (QED) is 0.676. The van der Waals surface area contributed by atoms with Gasteiger partial charge in [0.15, 0.2) is 0 Å². The summed E-state index contributed by atoms with van der Waals surface area (Å²) in [6.07, 6.45) is 2.23. The van der Waals surface area contributed by atoms with E-state index in [1.54, 1.807) is 7.05 Å². The summed E-state index contributed by atoms with van der Waals surface area (Å²) in [6, 6.07) is 9.75. The zero-order valence-corrected chi connectivity index (χ0v) is 9.98. The van der Waals surface area contributed by atoms with Gasteiger partial charge in [-0.1, -0.05) is 30.3 Å². The Bertz CT molecular complexity index is 352. The summed E-state index contributed by atoms with van der Waals surface area (Å²) in [7, 11) is 1.75. The molecular formula is C13H18N2O2. The predicted octanol–water partition coefficient (Wildman–Crippen LogP) is 0.522. The second-order valence-corrected chi connectivity index (χ2v) is 3.78. The third-order valence-electron chi connectivity index (χ3n) is 2.59. The molecule has 0 saturated carbocycles. The molecular weight excluding hydrogens is 216 g/mol. The van der Waals surface area contributed by atoms with E-state index in [-0.39, 0.29) is 18.5 Å². The highest BCUT2D eigenvalue weighted by Gasteiger charge is 2.15. The standard InChI is InChI=1S/C13H18N2O2/c1-14-12(13(17)15-9-10-16)8-7-11-5-3-2-4-6-11/h2-6,10,12,14H,7-9H2,1H3,(H,15,17). The molecule has 0 heterocycles. The summed E-state index contributed by atoms with van der Waals surface area (Å²) in [6.45, 7) is 0.0718. The molecule has 0 saturated heterocycles. The first-order chi connectivity index (χ1) is 8.27. The molecule has 0 fully saturated rings. The Kier molecular flexibility index (Phi) is 5.96. The van der Waals surface area contributed by atoms with Crippen LogP contribution in [0.25, 0.3) is 0 Å². The Morgan fingerprint density at radius 1 is 1.35 bits per heavy atom. The van der Waals surface area contributed by atoms with Crippen LogP contribution in [0.4, 0.5) is 0 Å². The van der Waals surface area contributed by atoms with Crippen LogP contribution in [0.3, 0.4) is 0 Å². The predicted molar refractivity (Wildman–Crippen MR) is 66.7 cm³/mol. The highest BCUT2D eigenvalue weighted by Crippen LogP contribution is 2.04. The maximum Gasteiger partial charge on any atom is 0.237 e. The molecule has 0 aliphatic rings. The van der Waals surface area contributed by atoms with Crippen LogP contribution in [-0.2, 0) is 16.0 Å². The molecule has 17 heavy (non-hydrogen) atoms. The van der Waals surface area contributed by atoms with Gasteiger partial charge in [0.2, 0.25) is 5.91 Å². The topological polar surface area (TPSA) is 58.2 Å². The summed E-state index contributed by atoms with van der Waals surface area (Å²) in [5.74, 6) is -0.129. The van der Waals surface area contributed by atoms with Crippen molar-refractivity contribution in [1.82, 2.24) is 10.6 Å². The number of benzene rings is 1. The molecule has 0 bridgehead atoms. The van der Waals surface area contributed by atoms with Crippen molar-refractivity contribution >= 4 is 12.2 Å². The Balaban J connectivity index is 2.41. The molecule has 1 aromatic rings. The van der Waals surface area contributed by atoms with Crippen molar-refractivity contribution in [2.75, 3.05) is 13.6 Å². The summed E-state index contributed by atoms with van der Waals surface area (Å²) in [4.78, 5) is 21.8. The fraction of sp³-hybridized carbons (Fsp3) is 0.385. The SMILES string of the molecule is CNC(CCc1ccccc1)C(=O)NCC=O. The minimum absolute atomic E-state index is 0.0718. The van der Waals surface area contributed by atoms with Gasteiger partial charge in [-0.2, -0.15) is 0 Å². The van der Waals surface area contributed by atoms with E-state index in [0.29, 0.717) is 12.7 Å². The van der Waals surface area contributed by atoms with Crippen molar-refractivity contribution in [2.45, 2.75) is 18.9 Å². The Hall–Kier alpha value is -1.68. The van der Waals surface area contributed by atoms with Gasteiger partial charge in [0.05, 0.1) is 12.6 Å². The van der Waals surface area contributed by atoms with Crippen molar-refractivity contribution in [3.8, 4) is 0 Å². The van der Waals surface area contributed by atoms with Crippen LogP contribution in [0.15, 0.2) is 30.3 Å². The zero-order chi connectivity index (χ0) is 12.5. The van der Waals surface area contributed by atoms with Crippen LogP contribution in [0.2, 0.25) is 0 Å². The Labute approximate surface area is 101 Å². The van der Waals surface area contributed by atoms with Crippen LogP contribution in [0.5, 0.6) is 0 Å². The highest BCUT2D eigenvalue weighted by atomic mass is 16.2. The van der Waals surface area contributed by atoms with Crippen LogP contribution in [-0.4, -0.2) is 31.8 Å². The van der Waals surface area contributed by atoms with E-state index in [2.05, 4.69) is 10.6 Å². The number of hydrogen-bond donors (Lipinski definition) is 2. The van der Waals surface area contributed by atoms with Gasteiger partial charge in [-0.05, 0) is 25.5 Å². The summed E-state index contributed by atoms with van der Waals surface area (Å²) >= 11 is 0. The number of nitrogens with one attached hydrogen (secondary N) is 2. The first-order valence-corrected chi connectivity index (χ1v) is 5.70. The Morgan fingerprint density at radius 3 is 2.65 bits per heavy atom. The van der Waals surface area contributed by atoms with E-state index >= 15 is 0 Å². The average molecular weight is 234 g/mol. The van der Waals surface area contributed by atoms with Crippen LogP contribution < -0.4 is 10.6 Å². The van der Waals surface area contributed by atoms with Gasteiger partial charge in [-0.15, -0.1) is 0 Å². The van der Waals surface area contributed by atoms with Crippen LogP contribution in [0.1, 0.15) is 12.0 Å². The van der Waals surface area contributed by atoms with Crippen molar-refractivity contribution < 1.29 is 9.59 Å². The molecule has 1 unspecified atom stereocenters. The van der Waals surface area contributed by atoms with Gasteiger partial charge < -0.3 is 15.4 Å². The third kappa shape index (κ3) is 4.78. The second kappa shape index (κ2) is 7.57. The number of hydrogen-bond acceptors (Lipinski definition) is 3. The number of aldehydes is 1. The van der Waals surface area contributed by atoms with Gasteiger partial charge in [-0.3, -0.25) is 4.79 Å². The molecule has 2 N–H and O–H groups in total. The lowest BCUT2D eigenvalue weighted by molar-refractivity contribution is -0.124. The molecule has 0 aromatic heterocycles. The largest absolute Gasteiger partial charge is 0.348 e. The lowest BCUT2D eigenvalue weighted by Crippen LogP contribution is -2.43. The maximum atomic E-state index is 11.6. The summed E-state index contributed by atoms with van der Waals surface area (Å²) in [5, 5.41) is 5.50. The highest BCUT2D eigenvalue weighted by molar-refractivity contribution is 5.83. The van der Waals surface area contributed by atoms with E-state index in [1.807, 2.05) is 30.3 Å². The number of rotatable bonds is 7. The molecule has 0 radical (unpaired) electrons.